The van der Waals surface area contributed by atoms with Gasteiger partial charge in [0.15, 0.2) is 11.5 Å². The summed E-state index contributed by atoms with van der Waals surface area (Å²) in [6.07, 6.45) is 4.28. The first-order chi connectivity index (χ1) is 16.5. The van der Waals surface area contributed by atoms with Crippen LogP contribution in [-0.2, 0) is 0 Å². The molecule has 0 bridgehead atoms. The molecule has 0 fully saturated rings. The first-order valence-electron chi connectivity index (χ1n) is 9.92. The van der Waals surface area contributed by atoms with E-state index in [0.29, 0.717) is 27.4 Å². The smallest absolute Gasteiger partial charge is 0.255 e. The van der Waals surface area contributed by atoms with Crippen molar-refractivity contribution in [3.63, 3.8) is 0 Å². The molecule has 0 radical (unpaired) electrons. The molecule has 3 aromatic heterocycles. The Morgan fingerprint density at radius 1 is 1.00 bits per heavy atom. The third kappa shape index (κ3) is 4.02. The van der Waals surface area contributed by atoms with Crippen molar-refractivity contribution in [1.29, 1.82) is 0 Å². The first kappa shape index (κ1) is 21.4. The number of amides is 1. The highest BCUT2D eigenvalue weighted by Crippen LogP contribution is 2.33. The molecule has 8 nitrogen and oxygen atoms in total. The number of H-pyrrole nitrogens is 1. The summed E-state index contributed by atoms with van der Waals surface area (Å²) in [6.45, 7) is 0. The zero-order chi connectivity index (χ0) is 23.7. The topological polar surface area (TPSA) is 108 Å². The van der Waals surface area contributed by atoms with Crippen LogP contribution < -0.4 is 10.6 Å². The summed E-state index contributed by atoms with van der Waals surface area (Å²) in [5.74, 6) is -2.33. The lowest BCUT2D eigenvalue weighted by atomic mass is 10.1. The fourth-order valence-electron chi connectivity index (χ4n) is 3.36. The molecule has 11 heteroatoms. The molecule has 0 aliphatic heterocycles. The highest BCUT2D eigenvalue weighted by Gasteiger charge is 2.20. The van der Waals surface area contributed by atoms with E-state index in [1.54, 1.807) is 24.3 Å². The normalized spacial score (nSPS) is 10.9. The maximum absolute atomic E-state index is 15.3. The number of aromatic amines is 1. The van der Waals surface area contributed by atoms with Crippen molar-refractivity contribution in [3.05, 3.63) is 89.6 Å². The van der Waals surface area contributed by atoms with Gasteiger partial charge in [0, 0.05) is 22.3 Å². The molecule has 0 unspecified atom stereocenters. The third-order valence-corrected chi connectivity index (χ3v) is 5.18. The number of aromatic nitrogens is 5. The zero-order valence-corrected chi connectivity index (χ0v) is 17.9. The number of hydrogen-bond donors (Lipinski definition) is 3. The molecule has 0 saturated heterocycles. The molecule has 34 heavy (non-hydrogen) atoms. The SMILES string of the molecule is O=C(Nc1ccc(F)c(Nc2ncccc2-c2ncnc3[nH]cnc23)c1F)c1cccc(Cl)c1. The number of carbonyl (C=O) groups is 1. The van der Waals surface area contributed by atoms with Crippen molar-refractivity contribution in [2.24, 2.45) is 0 Å². The number of pyridine rings is 1. The molecule has 168 valence electrons. The lowest BCUT2D eigenvalue weighted by molar-refractivity contribution is 0.102. The van der Waals surface area contributed by atoms with E-state index in [9.17, 15) is 9.18 Å². The molecular formula is C23H14ClF2N7O. The molecule has 0 aliphatic rings. The lowest BCUT2D eigenvalue weighted by Crippen LogP contribution is -2.14. The quantitative estimate of drug-likeness (QED) is 0.315. The average Bonchev–Trinajstić information content (AvgIpc) is 3.33. The van der Waals surface area contributed by atoms with Crippen molar-refractivity contribution < 1.29 is 13.6 Å². The van der Waals surface area contributed by atoms with E-state index >= 15 is 4.39 Å². The van der Waals surface area contributed by atoms with E-state index in [1.807, 2.05) is 0 Å². The van der Waals surface area contributed by atoms with Crippen LogP contribution in [0.1, 0.15) is 10.4 Å². The fourth-order valence-corrected chi connectivity index (χ4v) is 3.55. The minimum absolute atomic E-state index is 0.140. The second kappa shape index (κ2) is 8.83. The van der Waals surface area contributed by atoms with Crippen LogP contribution in [0.2, 0.25) is 5.02 Å². The van der Waals surface area contributed by atoms with Crippen LogP contribution >= 0.6 is 11.6 Å². The number of benzene rings is 2. The van der Waals surface area contributed by atoms with Gasteiger partial charge in [0.1, 0.15) is 34.9 Å². The summed E-state index contributed by atoms with van der Waals surface area (Å²) in [7, 11) is 0. The molecule has 5 rings (SSSR count). The van der Waals surface area contributed by atoms with Gasteiger partial charge < -0.3 is 15.6 Å². The van der Waals surface area contributed by atoms with Gasteiger partial charge in [-0.05, 0) is 42.5 Å². The molecule has 3 N–H and O–H groups in total. The number of nitrogens with one attached hydrogen (secondary N) is 3. The van der Waals surface area contributed by atoms with E-state index in [4.69, 9.17) is 11.6 Å². The fraction of sp³-hybridized carbons (Fsp3) is 0. The van der Waals surface area contributed by atoms with Crippen LogP contribution in [0.25, 0.3) is 22.4 Å². The summed E-state index contributed by atoms with van der Waals surface area (Å²) in [4.78, 5) is 32.2. The van der Waals surface area contributed by atoms with Gasteiger partial charge in [0.05, 0.1) is 12.0 Å². The zero-order valence-electron chi connectivity index (χ0n) is 17.2. The summed E-state index contributed by atoms with van der Waals surface area (Å²) in [5, 5.41) is 5.49. The van der Waals surface area contributed by atoms with E-state index < -0.39 is 23.2 Å². The summed E-state index contributed by atoms with van der Waals surface area (Å²) >= 11 is 5.92. The van der Waals surface area contributed by atoms with E-state index in [2.05, 4.69) is 35.6 Å². The predicted molar refractivity (Wildman–Crippen MR) is 124 cm³/mol. The standard InChI is InChI=1S/C23H14ClF2N7O/c24-13-4-1-3-12(9-13)23(34)32-16-7-6-15(25)19(17(16)26)33-21-14(5-2-8-27-21)18-20-22(30-10-28-18)31-11-29-20/h1-11H,(H,27,33)(H,32,34)(H,28,29,30,31). The van der Waals surface area contributed by atoms with Gasteiger partial charge in [-0.15, -0.1) is 0 Å². The Labute approximate surface area is 196 Å². The van der Waals surface area contributed by atoms with Crippen molar-refractivity contribution in [1.82, 2.24) is 24.9 Å². The van der Waals surface area contributed by atoms with Crippen molar-refractivity contribution in [2.75, 3.05) is 10.6 Å². The van der Waals surface area contributed by atoms with Gasteiger partial charge in [-0.25, -0.2) is 28.7 Å². The summed E-state index contributed by atoms with van der Waals surface area (Å²) < 4.78 is 30.0. The third-order valence-electron chi connectivity index (χ3n) is 4.95. The Hall–Kier alpha value is -4.44. The minimum atomic E-state index is -1.00. The van der Waals surface area contributed by atoms with E-state index in [0.717, 1.165) is 12.1 Å². The first-order valence-corrected chi connectivity index (χ1v) is 10.3. The number of fused-ring (bicyclic) bond motifs is 1. The molecular weight excluding hydrogens is 464 g/mol. The van der Waals surface area contributed by atoms with Gasteiger partial charge in [-0.1, -0.05) is 17.7 Å². The Morgan fingerprint density at radius 2 is 1.88 bits per heavy atom. The number of carbonyl (C=O) groups excluding carboxylic acids is 1. The van der Waals surface area contributed by atoms with Gasteiger partial charge in [-0.3, -0.25) is 4.79 Å². The second-order valence-corrected chi connectivity index (χ2v) is 7.53. The number of anilines is 3. The van der Waals surface area contributed by atoms with Crippen LogP contribution in [0, 0.1) is 11.6 Å². The summed E-state index contributed by atoms with van der Waals surface area (Å²) in [5.41, 5.74) is 1.37. The molecule has 5 aromatic rings. The maximum atomic E-state index is 15.3. The second-order valence-electron chi connectivity index (χ2n) is 7.09. The van der Waals surface area contributed by atoms with Gasteiger partial charge in [0.25, 0.3) is 5.91 Å². The average molecular weight is 478 g/mol. The molecule has 3 heterocycles. The predicted octanol–water partition coefficient (Wildman–Crippen LogP) is 5.34. The highest BCUT2D eigenvalue weighted by molar-refractivity contribution is 6.31. The number of nitrogens with zero attached hydrogens (tertiary/aromatic N) is 4. The number of rotatable bonds is 5. The number of imidazole rings is 1. The number of hydrogen-bond acceptors (Lipinski definition) is 6. The molecule has 1 amide bonds. The highest BCUT2D eigenvalue weighted by atomic mass is 35.5. The van der Waals surface area contributed by atoms with Crippen LogP contribution in [0.15, 0.2) is 67.4 Å². The number of halogens is 3. The Balaban J connectivity index is 1.51. The molecule has 2 aromatic carbocycles. The monoisotopic (exact) mass is 477 g/mol. The van der Waals surface area contributed by atoms with Crippen LogP contribution in [-0.4, -0.2) is 30.8 Å². The Kier molecular flexibility index (Phi) is 5.56. The molecule has 0 saturated carbocycles. The Bertz CT molecular complexity index is 1540. The Morgan fingerprint density at radius 3 is 2.74 bits per heavy atom. The van der Waals surface area contributed by atoms with Crippen LogP contribution in [0.3, 0.4) is 0 Å². The molecule has 0 spiro atoms. The summed E-state index contributed by atoms with van der Waals surface area (Å²) in [6, 6.07) is 11.7. The minimum Gasteiger partial charge on any atom is -0.335 e. The van der Waals surface area contributed by atoms with Gasteiger partial charge in [-0.2, -0.15) is 0 Å². The van der Waals surface area contributed by atoms with E-state index in [-0.39, 0.29) is 17.1 Å². The van der Waals surface area contributed by atoms with Gasteiger partial charge in [0.2, 0.25) is 0 Å². The van der Waals surface area contributed by atoms with E-state index in [1.165, 1.54) is 31.0 Å². The van der Waals surface area contributed by atoms with Gasteiger partial charge >= 0.3 is 0 Å². The lowest BCUT2D eigenvalue weighted by Gasteiger charge is -2.14. The van der Waals surface area contributed by atoms with Crippen molar-refractivity contribution in [3.8, 4) is 11.3 Å². The largest absolute Gasteiger partial charge is 0.335 e. The maximum Gasteiger partial charge on any atom is 0.255 e. The van der Waals surface area contributed by atoms with Crippen molar-refractivity contribution >= 4 is 45.9 Å². The van der Waals surface area contributed by atoms with Crippen LogP contribution in [0.5, 0.6) is 0 Å². The molecule has 0 aliphatic carbocycles. The molecule has 0 atom stereocenters. The van der Waals surface area contributed by atoms with Crippen molar-refractivity contribution in [2.45, 2.75) is 0 Å². The van der Waals surface area contributed by atoms with Crippen LogP contribution in [0.4, 0.5) is 26.0 Å².